The van der Waals surface area contributed by atoms with E-state index in [0.29, 0.717) is 0 Å². The first-order valence-electron chi connectivity index (χ1n) is 1.80. The minimum Gasteiger partial charge on any atom is -0.390 e. The van der Waals surface area contributed by atoms with E-state index >= 15 is 0 Å². The van der Waals surface area contributed by atoms with E-state index in [0.717, 1.165) is 0 Å². The third-order valence-electron chi connectivity index (χ3n) is 0.581. The quantitative estimate of drug-likeness (QED) is 0.374. The van der Waals surface area contributed by atoms with E-state index in [1.807, 2.05) is 0 Å². The fourth-order valence-electron chi connectivity index (χ4n) is 0.276. The van der Waals surface area contributed by atoms with Gasteiger partial charge in [-0.3, -0.25) is 0 Å². The zero-order chi connectivity index (χ0) is 6.85. The lowest BCUT2D eigenvalue weighted by molar-refractivity contribution is -0.400. The van der Waals surface area contributed by atoms with Gasteiger partial charge in [0.1, 0.15) is 0 Å². The number of tetrazole rings is 1. The third kappa shape index (κ3) is 0.806. The Morgan fingerprint density at radius 2 is 2.44 bits per heavy atom. The maximum absolute atomic E-state index is 11.8. The third-order valence-corrected chi connectivity index (χ3v) is 0.581. The Labute approximate surface area is 47.2 Å². The summed E-state index contributed by atoms with van der Waals surface area (Å²) in [6, 6.07) is 0. The number of hydrogen-bond acceptors (Lipinski definition) is 5. The largest absolute Gasteiger partial charge is 0.513 e. The van der Waals surface area contributed by atoms with Crippen LogP contribution in [0, 0.1) is 10.1 Å². The number of rotatable bonds is 1. The molecule has 1 rings (SSSR count). The van der Waals surface area contributed by atoms with E-state index in [2.05, 4.69) is 15.5 Å². The molecule has 0 aliphatic carbocycles. The van der Waals surface area contributed by atoms with Gasteiger partial charge in [0.15, 0.2) is 0 Å². The first-order chi connectivity index (χ1) is 4.22. The minimum atomic E-state index is -1.03. The number of hydrogen-bond donors (Lipinski definition) is 0. The summed E-state index contributed by atoms with van der Waals surface area (Å²) in [5.74, 6) is -1.02. The molecule has 0 amide bonds. The van der Waals surface area contributed by atoms with Gasteiger partial charge < -0.3 is 10.1 Å². The summed E-state index contributed by atoms with van der Waals surface area (Å²) in [7, 11) is 0. The Morgan fingerprint density at radius 1 is 1.78 bits per heavy atom. The molecule has 0 bridgehead atoms. The van der Waals surface area contributed by atoms with Crippen LogP contribution >= 0.6 is 0 Å². The smallest absolute Gasteiger partial charge is 0.390 e. The first-order valence-corrected chi connectivity index (χ1v) is 1.80. The monoisotopic (exact) mass is 133 g/mol. The van der Waals surface area contributed by atoms with Crippen LogP contribution in [0.5, 0.6) is 0 Å². The topological polar surface area (TPSA) is 86.7 Å². The lowest BCUT2D eigenvalue weighted by atomic mass is 11.1. The van der Waals surface area contributed by atoms with Crippen LogP contribution in [0.2, 0.25) is 0 Å². The molecule has 7 nitrogen and oxygen atoms in total. The van der Waals surface area contributed by atoms with Gasteiger partial charge in [0.2, 0.25) is 0 Å². The summed E-state index contributed by atoms with van der Waals surface area (Å²) < 4.78 is 11.8. The highest BCUT2D eigenvalue weighted by atomic mass is 19.2. The second-order valence-corrected chi connectivity index (χ2v) is 1.10. The van der Waals surface area contributed by atoms with Crippen molar-refractivity contribution in [2.45, 2.75) is 0 Å². The molecule has 0 spiro atoms. The van der Waals surface area contributed by atoms with Crippen LogP contribution in [0.25, 0.3) is 0 Å². The maximum Gasteiger partial charge on any atom is 0.513 e. The predicted octanol–water partition coefficient (Wildman–Crippen LogP) is -0.686. The Bertz CT molecular complexity index is 231. The van der Waals surface area contributed by atoms with Crippen molar-refractivity contribution in [2.24, 2.45) is 0 Å². The second kappa shape index (κ2) is 1.73. The van der Waals surface area contributed by atoms with E-state index in [4.69, 9.17) is 0 Å². The highest BCUT2D eigenvalue weighted by molar-refractivity contribution is 4.93. The molecule has 0 saturated heterocycles. The molecular weight excluding hydrogens is 133 g/mol. The molecule has 1 heterocycles. The van der Waals surface area contributed by atoms with Crippen molar-refractivity contribution in [1.29, 1.82) is 0 Å². The molecule has 0 atom stereocenters. The van der Waals surface area contributed by atoms with Gasteiger partial charge in [-0.2, -0.15) is 0 Å². The van der Waals surface area contributed by atoms with Gasteiger partial charge in [-0.05, 0) is 4.92 Å². The molecule has 0 saturated carbocycles. The van der Waals surface area contributed by atoms with Crippen molar-refractivity contribution in [3.8, 4) is 0 Å². The minimum absolute atomic E-state index is 0.514. The van der Waals surface area contributed by atoms with Gasteiger partial charge in [-0.1, -0.05) is 0 Å². The van der Waals surface area contributed by atoms with Crippen molar-refractivity contribution in [1.82, 2.24) is 20.4 Å². The van der Waals surface area contributed by atoms with Crippen LogP contribution in [0.15, 0.2) is 0 Å². The Morgan fingerprint density at radius 3 is 2.67 bits per heavy atom. The van der Waals surface area contributed by atoms with Crippen molar-refractivity contribution in [3.05, 3.63) is 10.1 Å². The number of aromatic nitrogens is 4. The molecule has 0 aliphatic rings. The van der Waals surface area contributed by atoms with Gasteiger partial charge in [0.05, 0.1) is 20.4 Å². The number of halogens is 1. The summed E-state index contributed by atoms with van der Waals surface area (Å²) in [6.07, 6.45) is 0. The summed E-state index contributed by atoms with van der Waals surface area (Å²) in [5.41, 5.74) is 0. The molecular formula is CFN5O2. The van der Waals surface area contributed by atoms with E-state index in [9.17, 15) is 14.6 Å². The maximum atomic E-state index is 11.8. The molecule has 1 aromatic rings. The fraction of sp³-hybridized carbons (Fsp3) is 0. The molecule has 1 aromatic heterocycles. The molecule has 9 heavy (non-hydrogen) atoms. The zero-order valence-electron chi connectivity index (χ0n) is 3.93. The summed E-state index contributed by atoms with van der Waals surface area (Å²) >= 11 is 0. The highest BCUT2D eigenvalue weighted by Gasteiger charge is 2.17. The van der Waals surface area contributed by atoms with Crippen molar-refractivity contribution in [3.63, 3.8) is 0 Å². The van der Waals surface area contributed by atoms with E-state index in [-0.39, 0.29) is 0 Å². The summed E-state index contributed by atoms with van der Waals surface area (Å²) in [5, 5.41) is 17.7. The zero-order valence-corrected chi connectivity index (χ0v) is 3.93. The number of nitrogens with zero attached hydrogens (tertiary/aromatic N) is 5. The van der Waals surface area contributed by atoms with Gasteiger partial charge >= 0.3 is 5.95 Å². The molecule has 8 heteroatoms. The van der Waals surface area contributed by atoms with Crippen molar-refractivity contribution < 1.29 is 9.40 Å². The van der Waals surface area contributed by atoms with Gasteiger partial charge in [0.25, 0.3) is 0 Å². The first kappa shape index (κ1) is 5.54. The van der Waals surface area contributed by atoms with Gasteiger partial charge in [-0.25, -0.2) is 0 Å². The van der Waals surface area contributed by atoms with Crippen LogP contribution in [0.3, 0.4) is 0 Å². The van der Waals surface area contributed by atoms with E-state index < -0.39 is 15.8 Å². The fourth-order valence-corrected chi connectivity index (χ4v) is 0.276. The van der Waals surface area contributed by atoms with E-state index in [1.165, 1.54) is 0 Å². The number of nitro groups is 1. The van der Waals surface area contributed by atoms with E-state index in [1.54, 1.807) is 0 Å². The van der Waals surface area contributed by atoms with Crippen LogP contribution < -0.4 is 0 Å². The molecule has 0 unspecified atom stereocenters. The summed E-state index contributed by atoms with van der Waals surface area (Å²) in [4.78, 5) is 8.14. The second-order valence-electron chi connectivity index (χ2n) is 1.10. The van der Waals surface area contributed by atoms with Crippen LogP contribution in [0.4, 0.5) is 10.4 Å². The Balaban J connectivity index is 3.08. The molecule has 0 aliphatic heterocycles. The standard InChI is InChI=1S/CFN5O2/c2-6-1(7(8)9)3-4-5-6. The lowest BCUT2D eigenvalue weighted by Gasteiger charge is -1.83. The Kier molecular flexibility index (Phi) is 1.06. The Hall–Kier alpha value is -1.60. The van der Waals surface area contributed by atoms with Gasteiger partial charge in [-0.15, -0.1) is 0 Å². The molecule has 0 N–H and O–H groups in total. The van der Waals surface area contributed by atoms with Crippen LogP contribution in [0.1, 0.15) is 0 Å². The van der Waals surface area contributed by atoms with Crippen molar-refractivity contribution in [2.75, 3.05) is 0 Å². The molecule has 0 fully saturated rings. The van der Waals surface area contributed by atoms with Crippen LogP contribution in [-0.2, 0) is 0 Å². The lowest BCUT2D eigenvalue weighted by Crippen LogP contribution is -1.95. The van der Waals surface area contributed by atoms with Gasteiger partial charge in [0, 0.05) is 4.48 Å². The molecule has 48 valence electrons. The normalized spacial score (nSPS) is 9.44. The SMILES string of the molecule is O=[N+]([O-])c1nnnn1F. The van der Waals surface area contributed by atoms with Crippen molar-refractivity contribution >= 4 is 5.95 Å². The average Bonchev–Trinajstić information content (AvgIpc) is 2.13. The summed E-state index contributed by atoms with van der Waals surface area (Å²) in [6.45, 7) is 0. The average molecular weight is 133 g/mol. The predicted molar refractivity (Wildman–Crippen MR) is 21.0 cm³/mol. The van der Waals surface area contributed by atoms with Crippen LogP contribution in [-0.4, -0.2) is 25.4 Å². The highest BCUT2D eigenvalue weighted by Crippen LogP contribution is 2.00. The molecule has 0 aromatic carbocycles. The molecule has 0 radical (unpaired) electrons.